The van der Waals surface area contributed by atoms with E-state index in [0.29, 0.717) is 0 Å². The molecule has 2 heterocycles. The molecule has 0 saturated carbocycles. The molecule has 8 aromatic carbocycles. The maximum atomic E-state index is 6.80. The van der Waals surface area contributed by atoms with Crippen molar-refractivity contribution in [2.24, 2.45) is 0 Å². The Morgan fingerprint density at radius 2 is 0.981 bits per heavy atom. The highest BCUT2D eigenvalue weighted by Gasteiger charge is 2.51. The average molecular weight is 666 g/mol. The van der Waals surface area contributed by atoms with Crippen LogP contribution in [0, 0.1) is 0 Å². The van der Waals surface area contributed by atoms with E-state index in [-0.39, 0.29) is 0 Å². The first-order valence-corrected chi connectivity index (χ1v) is 17.8. The first-order valence-electron chi connectivity index (χ1n) is 17.8. The maximum absolute atomic E-state index is 6.80. The summed E-state index contributed by atoms with van der Waals surface area (Å²) in [4.78, 5) is 2.30. The van der Waals surface area contributed by atoms with Crippen LogP contribution >= 0.6 is 0 Å². The molecule has 1 aromatic heterocycles. The van der Waals surface area contributed by atoms with Crippen molar-refractivity contribution >= 4 is 39.0 Å². The molecule has 0 saturated heterocycles. The van der Waals surface area contributed by atoms with Gasteiger partial charge in [0.2, 0.25) is 0 Å². The van der Waals surface area contributed by atoms with Gasteiger partial charge in [-0.25, -0.2) is 0 Å². The molecule has 3 nitrogen and oxygen atoms in total. The molecule has 0 amide bonds. The first-order chi connectivity index (χ1) is 25.8. The normalized spacial score (nSPS) is 13.3. The van der Waals surface area contributed by atoms with E-state index in [0.717, 1.165) is 61.6 Å². The van der Waals surface area contributed by atoms with E-state index in [1.165, 1.54) is 33.4 Å². The van der Waals surface area contributed by atoms with Crippen LogP contribution in [0.3, 0.4) is 0 Å². The summed E-state index contributed by atoms with van der Waals surface area (Å²) in [6, 6.07) is 66.8. The molecular formula is C49H31NO2. The summed E-state index contributed by atoms with van der Waals surface area (Å²) >= 11 is 0. The summed E-state index contributed by atoms with van der Waals surface area (Å²) in [6.45, 7) is 0. The number of anilines is 3. The SMILES string of the molecule is c1ccc(-c2ccc(N(c3ccccc3)c3ccc4c(c3)oc3ccc5c(c34)-c3ccccc3C53c4ccccc4Oc4ccccc43)cc2)cc1. The zero-order valence-electron chi connectivity index (χ0n) is 28.2. The van der Waals surface area contributed by atoms with Gasteiger partial charge in [-0.1, -0.05) is 127 Å². The number of para-hydroxylation sites is 3. The number of fused-ring (bicyclic) bond motifs is 13. The Morgan fingerprint density at radius 3 is 1.71 bits per heavy atom. The van der Waals surface area contributed by atoms with Crippen LogP contribution in [-0.4, -0.2) is 0 Å². The molecule has 9 aromatic rings. The largest absolute Gasteiger partial charge is 0.457 e. The third-order valence-electron chi connectivity index (χ3n) is 10.9. The molecular weight excluding hydrogens is 635 g/mol. The smallest absolute Gasteiger partial charge is 0.137 e. The van der Waals surface area contributed by atoms with Gasteiger partial charge in [0.1, 0.15) is 22.7 Å². The monoisotopic (exact) mass is 665 g/mol. The lowest BCUT2D eigenvalue weighted by molar-refractivity contribution is 0.436. The van der Waals surface area contributed by atoms with Crippen molar-refractivity contribution in [1.82, 2.24) is 0 Å². The Labute approximate surface area is 301 Å². The topological polar surface area (TPSA) is 25.6 Å². The van der Waals surface area contributed by atoms with Gasteiger partial charge in [0, 0.05) is 45.0 Å². The number of rotatable bonds is 4. The number of benzene rings is 8. The van der Waals surface area contributed by atoms with Crippen molar-refractivity contribution in [3.63, 3.8) is 0 Å². The van der Waals surface area contributed by atoms with E-state index in [1.54, 1.807) is 0 Å². The minimum atomic E-state index is -0.523. The molecule has 0 fully saturated rings. The second-order valence-electron chi connectivity index (χ2n) is 13.6. The molecule has 0 atom stereocenters. The highest BCUT2D eigenvalue weighted by molar-refractivity contribution is 6.16. The predicted molar refractivity (Wildman–Crippen MR) is 211 cm³/mol. The van der Waals surface area contributed by atoms with Gasteiger partial charge < -0.3 is 14.1 Å². The zero-order valence-corrected chi connectivity index (χ0v) is 28.2. The molecule has 1 spiro atoms. The summed E-state index contributed by atoms with van der Waals surface area (Å²) in [5.41, 5.74) is 14.1. The van der Waals surface area contributed by atoms with Crippen LogP contribution in [-0.2, 0) is 5.41 Å². The first kappa shape index (κ1) is 28.9. The summed E-state index contributed by atoms with van der Waals surface area (Å²) in [6.07, 6.45) is 0. The van der Waals surface area contributed by atoms with E-state index >= 15 is 0 Å². The van der Waals surface area contributed by atoms with Crippen molar-refractivity contribution in [3.8, 4) is 33.8 Å². The van der Waals surface area contributed by atoms with Crippen molar-refractivity contribution < 1.29 is 9.15 Å². The molecule has 52 heavy (non-hydrogen) atoms. The maximum Gasteiger partial charge on any atom is 0.137 e. The van der Waals surface area contributed by atoms with Crippen LogP contribution < -0.4 is 9.64 Å². The van der Waals surface area contributed by atoms with Crippen LogP contribution in [0.4, 0.5) is 17.1 Å². The fourth-order valence-corrected chi connectivity index (χ4v) is 8.79. The van der Waals surface area contributed by atoms with Gasteiger partial charge in [-0.2, -0.15) is 0 Å². The van der Waals surface area contributed by atoms with Crippen molar-refractivity contribution in [2.75, 3.05) is 4.90 Å². The van der Waals surface area contributed by atoms with Crippen molar-refractivity contribution in [2.45, 2.75) is 5.41 Å². The van der Waals surface area contributed by atoms with E-state index in [1.807, 2.05) is 0 Å². The highest BCUT2D eigenvalue weighted by Crippen LogP contribution is 2.63. The van der Waals surface area contributed by atoms with Gasteiger partial charge in [0.15, 0.2) is 0 Å². The van der Waals surface area contributed by atoms with Gasteiger partial charge in [0.05, 0.1) is 5.41 Å². The standard InChI is InChI=1S/C49H31NO2/c1-3-13-32(14-4-1)33-23-25-35(26-24-33)50(34-15-5-2-6-16-34)36-27-28-38-46(31-36)52-45-30-29-42-47(48(38)45)37-17-7-8-18-39(37)49(42)40-19-9-11-21-43(40)51-44-22-12-10-20-41(44)49/h1-31H. The fourth-order valence-electron chi connectivity index (χ4n) is 8.79. The van der Waals surface area contributed by atoms with Crippen molar-refractivity contribution in [3.05, 3.63) is 210 Å². The molecule has 0 bridgehead atoms. The van der Waals surface area contributed by atoms with Gasteiger partial charge >= 0.3 is 0 Å². The Hall–Kier alpha value is -6.84. The van der Waals surface area contributed by atoms with Gasteiger partial charge in [-0.15, -0.1) is 0 Å². The molecule has 11 rings (SSSR count). The lowest BCUT2D eigenvalue weighted by Gasteiger charge is -2.39. The van der Waals surface area contributed by atoms with Crippen LogP contribution in [0.5, 0.6) is 11.5 Å². The minimum Gasteiger partial charge on any atom is -0.457 e. The van der Waals surface area contributed by atoms with Crippen molar-refractivity contribution in [1.29, 1.82) is 0 Å². The molecule has 244 valence electrons. The van der Waals surface area contributed by atoms with Gasteiger partial charge in [0.25, 0.3) is 0 Å². The number of hydrogen-bond donors (Lipinski definition) is 0. The predicted octanol–water partition coefficient (Wildman–Crippen LogP) is 13.2. The second-order valence-corrected chi connectivity index (χ2v) is 13.6. The van der Waals surface area contributed by atoms with Gasteiger partial charge in [-0.05, 0) is 88.0 Å². The van der Waals surface area contributed by atoms with Gasteiger partial charge in [-0.3, -0.25) is 0 Å². The molecule has 2 aliphatic rings. The summed E-state index contributed by atoms with van der Waals surface area (Å²) in [5, 5.41) is 2.24. The lowest BCUT2D eigenvalue weighted by atomic mass is 9.66. The summed E-state index contributed by atoms with van der Waals surface area (Å²) < 4.78 is 13.3. The third kappa shape index (κ3) is 4.02. The zero-order chi connectivity index (χ0) is 34.2. The van der Waals surface area contributed by atoms with E-state index in [4.69, 9.17) is 9.15 Å². The fraction of sp³-hybridized carbons (Fsp3) is 0.0204. The Morgan fingerprint density at radius 1 is 0.404 bits per heavy atom. The Kier molecular flexibility index (Phi) is 6.17. The Balaban J connectivity index is 1.12. The third-order valence-corrected chi connectivity index (χ3v) is 10.9. The van der Waals surface area contributed by atoms with E-state index in [9.17, 15) is 0 Å². The molecule has 3 heteroatoms. The van der Waals surface area contributed by atoms with Crippen LogP contribution in [0.1, 0.15) is 22.3 Å². The van der Waals surface area contributed by atoms with Crippen LogP contribution in [0.15, 0.2) is 192 Å². The quantitative estimate of drug-likeness (QED) is 0.187. The summed E-state index contributed by atoms with van der Waals surface area (Å²) in [7, 11) is 0. The molecule has 1 aliphatic heterocycles. The second kappa shape index (κ2) is 11.1. The highest BCUT2D eigenvalue weighted by atomic mass is 16.5. The number of furan rings is 1. The lowest BCUT2D eigenvalue weighted by Crippen LogP contribution is -2.32. The number of hydrogen-bond acceptors (Lipinski definition) is 3. The summed E-state index contributed by atoms with van der Waals surface area (Å²) in [5.74, 6) is 1.78. The van der Waals surface area contributed by atoms with Crippen LogP contribution in [0.2, 0.25) is 0 Å². The minimum absolute atomic E-state index is 0.523. The molecule has 0 radical (unpaired) electrons. The van der Waals surface area contributed by atoms with E-state index < -0.39 is 5.41 Å². The molecule has 0 unspecified atom stereocenters. The molecule has 1 aliphatic carbocycles. The molecule has 0 N–H and O–H groups in total. The Bertz CT molecular complexity index is 2770. The number of ether oxygens (including phenoxy) is 1. The van der Waals surface area contributed by atoms with E-state index in [2.05, 4.69) is 193 Å². The average Bonchev–Trinajstić information content (AvgIpc) is 3.73. The number of nitrogens with zero attached hydrogens (tertiary/aromatic N) is 1. The van der Waals surface area contributed by atoms with Crippen LogP contribution in [0.25, 0.3) is 44.2 Å².